The molecule has 1 aromatic carbocycles. The summed E-state index contributed by atoms with van der Waals surface area (Å²) in [6, 6.07) is 7.46. The number of benzene rings is 1. The van der Waals surface area contributed by atoms with Gasteiger partial charge in [-0.15, -0.1) is 0 Å². The maximum Gasteiger partial charge on any atom is 0.224 e. The Labute approximate surface area is 142 Å². The molecule has 2 rings (SSSR count). The standard InChI is InChI=1S/C15H16ClN5.C2H6/c1-9(2)19-15-18-8-10(3)14(21-15)20-12-5-4-11(7-17)13(16)6-12;1-2/h4-6,8-9H,1-3H3,(H2,18,19,20,21);1-2H3. The van der Waals surface area contributed by atoms with Crippen LogP contribution in [0, 0.1) is 18.3 Å². The van der Waals surface area contributed by atoms with Crippen LogP contribution < -0.4 is 10.6 Å². The van der Waals surface area contributed by atoms with Crippen molar-refractivity contribution in [3.63, 3.8) is 0 Å². The molecular formula is C17H22ClN5. The molecule has 0 saturated carbocycles. The number of hydrogen-bond acceptors (Lipinski definition) is 5. The van der Waals surface area contributed by atoms with E-state index < -0.39 is 0 Å². The molecule has 0 bridgehead atoms. The summed E-state index contributed by atoms with van der Waals surface area (Å²) in [5.74, 6) is 1.27. The van der Waals surface area contributed by atoms with E-state index >= 15 is 0 Å². The van der Waals surface area contributed by atoms with Gasteiger partial charge in [0.15, 0.2) is 0 Å². The van der Waals surface area contributed by atoms with Crippen molar-refractivity contribution in [3.05, 3.63) is 40.5 Å². The molecule has 2 N–H and O–H groups in total. The van der Waals surface area contributed by atoms with Crippen LogP contribution in [0.3, 0.4) is 0 Å². The molecule has 0 radical (unpaired) electrons. The van der Waals surface area contributed by atoms with Gasteiger partial charge in [0.2, 0.25) is 5.95 Å². The van der Waals surface area contributed by atoms with Gasteiger partial charge in [0.05, 0.1) is 10.6 Å². The third kappa shape index (κ3) is 5.42. The van der Waals surface area contributed by atoms with Gasteiger partial charge in [-0.3, -0.25) is 0 Å². The van der Waals surface area contributed by atoms with E-state index in [0.29, 0.717) is 22.4 Å². The summed E-state index contributed by atoms with van der Waals surface area (Å²) in [5, 5.41) is 15.6. The molecule has 0 unspecified atom stereocenters. The molecule has 0 spiro atoms. The lowest BCUT2D eigenvalue weighted by molar-refractivity contribution is 0.873. The molecule has 1 aromatic heterocycles. The van der Waals surface area contributed by atoms with Gasteiger partial charge in [0, 0.05) is 23.5 Å². The van der Waals surface area contributed by atoms with E-state index in [4.69, 9.17) is 16.9 Å². The van der Waals surface area contributed by atoms with Crippen LogP contribution >= 0.6 is 11.6 Å². The minimum Gasteiger partial charge on any atom is -0.352 e. The van der Waals surface area contributed by atoms with Crippen LogP contribution in [0.25, 0.3) is 0 Å². The topological polar surface area (TPSA) is 73.6 Å². The molecule has 0 atom stereocenters. The highest BCUT2D eigenvalue weighted by Crippen LogP contribution is 2.24. The third-order valence-electron chi connectivity index (χ3n) is 2.74. The zero-order chi connectivity index (χ0) is 17.4. The summed E-state index contributed by atoms with van der Waals surface area (Å²) in [5.41, 5.74) is 2.14. The molecule has 0 aliphatic carbocycles. The van der Waals surface area contributed by atoms with Gasteiger partial charge in [-0.25, -0.2) is 4.98 Å². The molecule has 0 amide bonds. The fourth-order valence-corrected chi connectivity index (χ4v) is 1.94. The number of nitriles is 1. The average Bonchev–Trinajstić information content (AvgIpc) is 2.52. The Morgan fingerprint density at radius 1 is 1.26 bits per heavy atom. The van der Waals surface area contributed by atoms with Crippen molar-refractivity contribution in [2.75, 3.05) is 10.6 Å². The quantitative estimate of drug-likeness (QED) is 0.833. The van der Waals surface area contributed by atoms with Gasteiger partial charge in [-0.1, -0.05) is 25.4 Å². The Hall–Kier alpha value is -2.32. The number of halogens is 1. The highest BCUT2D eigenvalue weighted by atomic mass is 35.5. The molecule has 1 heterocycles. The Morgan fingerprint density at radius 3 is 2.52 bits per heavy atom. The predicted molar refractivity (Wildman–Crippen MR) is 96.3 cm³/mol. The summed E-state index contributed by atoms with van der Waals surface area (Å²) in [4.78, 5) is 8.67. The molecule has 0 aliphatic heterocycles. The second kappa shape index (κ2) is 8.96. The Bertz CT molecular complexity index is 692. The van der Waals surface area contributed by atoms with Crippen LogP contribution in [-0.2, 0) is 0 Å². The highest BCUT2D eigenvalue weighted by molar-refractivity contribution is 6.32. The lowest BCUT2D eigenvalue weighted by atomic mass is 10.2. The maximum atomic E-state index is 8.88. The zero-order valence-corrected chi connectivity index (χ0v) is 14.9. The van der Waals surface area contributed by atoms with Crippen LogP contribution in [0.1, 0.15) is 38.8 Å². The second-order valence-electron chi connectivity index (χ2n) is 4.96. The Morgan fingerprint density at radius 2 is 1.96 bits per heavy atom. The predicted octanol–water partition coefficient (Wildman–Crippen LogP) is 4.90. The summed E-state index contributed by atoms with van der Waals surface area (Å²) in [6.07, 6.45) is 1.76. The van der Waals surface area contributed by atoms with Crippen LogP contribution in [0.2, 0.25) is 5.02 Å². The number of anilines is 3. The largest absolute Gasteiger partial charge is 0.352 e. The summed E-state index contributed by atoms with van der Waals surface area (Å²) in [6.45, 7) is 9.97. The molecular weight excluding hydrogens is 310 g/mol. The number of nitrogens with zero attached hydrogens (tertiary/aromatic N) is 3. The Kier molecular flexibility index (Phi) is 7.30. The number of nitrogens with one attached hydrogen (secondary N) is 2. The van der Waals surface area contributed by atoms with E-state index in [-0.39, 0.29) is 6.04 Å². The normalized spacial score (nSPS) is 9.65. The van der Waals surface area contributed by atoms with E-state index in [1.54, 1.807) is 24.4 Å². The summed E-state index contributed by atoms with van der Waals surface area (Å²) >= 11 is 6.03. The second-order valence-corrected chi connectivity index (χ2v) is 5.36. The minimum absolute atomic E-state index is 0.255. The minimum atomic E-state index is 0.255. The van der Waals surface area contributed by atoms with Crippen molar-refractivity contribution in [3.8, 4) is 6.07 Å². The van der Waals surface area contributed by atoms with Gasteiger partial charge in [0.25, 0.3) is 0 Å². The first kappa shape index (κ1) is 18.7. The molecule has 0 fully saturated rings. The summed E-state index contributed by atoms with van der Waals surface area (Å²) in [7, 11) is 0. The van der Waals surface area contributed by atoms with Crippen molar-refractivity contribution < 1.29 is 0 Å². The van der Waals surface area contributed by atoms with Crippen LogP contribution in [-0.4, -0.2) is 16.0 Å². The fourth-order valence-electron chi connectivity index (χ4n) is 1.72. The average molecular weight is 332 g/mol. The third-order valence-corrected chi connectivity index (χ3v) is 3.05. The van der Waals surface area contributed by atoms with E-state index in [1.807, 2.05) is 40.7 Å². The van der Waals surface area contributed by atoms with Crippen LogP contribution in [0.15, 0.2) is 24.4 Å². The zero-order valence-electron chi connectivity index (χ0n) is 14.1. The van der Waals surface area contributed by atoms with Gasteiger partial charge < -0.3 is 10.6 Å². The first-order chi connectivity index (χ1) is 11.0. The fraction of sp³-hybridized carbons (Fsp3) is 0.353. The molecule has 6 heteroatoms. The van der Waals surface area contributed by atoms with Crippen molar-refractivity contribution in [2.24, 2.45) is 0 Å². The molecule has 0 saturated heterocycles. The van der Waals surface area contributed by atoms with Crippen molar-refractivity contribution in [2.45, 2.75) is 40.7 Å². The van der Waals surface area contributed by atoms with Gasteiger partial charge >= 0.3 is 0 Å². The monoisotopic (exact) mass is 331 g/mol. The van der Waals surface area contributed by atoms with Crippen molar-refractivity contribution in [1.82, 2.24) is 9.97 Å². The first-order valence-corrected chi connectivity index (χ1v) is 7.94. The molecule has 2 aromatic rings. The first-order valence-electron chi connectivity index (χ1n) is 7.56. The molecule has 23 heavy (non-hydrogen) atoms. The van der Waals surface area contributed by atoms with Crippen molar-refractivity contribution >= 4 is 29.1 Å². The van der Waals surface area contributed by atoms with Crippen LogP contribution in [0.5, 0.6) is 0 Å². The SMILES string of the molecule is CC.Cc1cnc(NC(C)C)nc1Nc1ccc(C#N)c(Cl)c1. The highest BCUT2D eigenvalue weighted by Gasteiger charge is 2.07. The lowest BCUT2D eigenvalue weighted by Gasteiger charge is -2.12. The van der Waals surface area contributed by atoms with Gasteiger partial charge in [-0.05, 0) is 39.0 Å². The number of rotatable bonds is 4. The maximum absolute atomic E-state index is 8.88. The number of aryl methyl sites for hydroxylation is 1. The lowest BCUT2D eigenvalue weighted by Crippen LogP contribution is -2.13. The van der Waals surface area contributed by atoms with Crippen molar-refractivity contribution in [1.29, 1.82) is 5.26 Å². The number of hydrogen-bond donors (Lipinski definition) is 2. The smallest absolute Gasteiger partial charge is 0.224 e. The molecule has 0 aliphatic rings. The number of aromatic nitrogens is 2. The summed E-state index contributed by atoms with van der Waals surface area (Å²) < 4.78 is 0. The molecule has 122 valence electrons. The van der Waals surface area contributed by atoms with Gasteiger partial charge in [-0.2, -0.15) is 10.2 Å². The van der Waals surface area contributed by atoms with E-state index in [1.165, 1.54) is 0 Å². The Balaban J connectivity index is 0.00000127. The van der Waals surface area contributed by atoms with E-state index in [2.05, 4.69) is 20.6 Å². The molecule has 5 nitrogen and oxygen atoms in total. The van der Waals surface area contributed by atoms with E-state index in [9.17, 15) is 0 Å². The van der Waals surface area contributed by atoms with E-state index in [0.717, 1.165) is 11.3 Å². The van der Waals surface area contributed by atoms with Gasteiger partial charge in [0.1, 0.15) is 11.9 Å². The van der Waals surface area contributed by atoms with Crippen LogP contribution in [0.4, 0.5) is 17.5 Å².